The molecule has 1 unspecified atom stereocenters. The van der Waals surface area contributed by atoms with Gasteiger partial charge in [0, 0.05) is 5.56 Å². The average Bonchev–Trinajstić information content (AvgIpc) is 2.43. The van der Waals surface area contributed by atoms with Crippen LogP contribution in [0.5, 0.6) is 0 Å². The van der Waals surface area contributed by atoms with Crippen molar-refractivity contribution in [2.75, 3.05) is 0 Å². The van der Waals surface area contributed by atoms with Crippen LogP contribution in [0.4, 0.5) is 4.39 Å². The van der Waals surface area contributed by atoms with E-state index in [2.05, 4.69) is 5.32 Å². The van der Waals surface area contributed by atoms with Crippen LogP contribution in [0.3, 0.4) is 0 Å². The summed E-state index contributed by atoms with van der Waals surface area (Å²) in [7, 11) is 0. The first-order chi connectivity index (χ1) is 6.61. The molecule has 0 spiro atoms. The number of hydrogen-bond donors (Lipinski definition) is 2. The highest BCUT2D eigenvalue weighted by atomic mass is 19.1. The molecule has 2 amide bonds. The third-order valence-electron chi connectivity index (χ3n) is 2.12. The number of benzene rings is 1. The molecule has 0 bridgehead atoms. The summed E-state index contributed by atoms with van der Waals surface area (Å²) in [5, 5.41) is 2.06. The van der Waals surface area contributed by atoms with Gasteiger partial charge in [-0.1, -0.05) is 12.1 Å². The third-order valence-corrected chi connectivity index (χ3v) is 2.12. The normalized spacial score (nSPS) is 18.9. The quantitative estimate of drug-likeness (QED) is 0.639. The van der Waals surface area contributed by atoms with E-state index in [1.54, 1.807) is 0 Å². The minimum atomic E-state index is -1.54. The van der Waals surface area contributed by atoms with Crippen molar-refractivity contribution in [3.63, 3.8) is 0 Å². The maximum Gasteiger partial charge on any atom is 0.255 e. The summed E-state index contributed by atoms with van der Waals surface area (Å²) >= 11 is 0. The fourth-order valence-electron chi connectivity index (χ4n) is 1.51. The lowest BCUT2D eigenvalue weighted by molar-refractivity contribution is 0.0917. The van der Waals surface area contributed by atoms with Gasteiger partial charge in [-0.25, -0.2) is 4.39 Å². The molecule has 1 atom stereocenters. The van der Waals surface area contributed by atoms with Crippen LogP contribution in [-0.2, 0) is 0 Å². The largest absolute Gasteiger partial charge is 0.366 e. The predicted octanol–water partition coefficient (Wildman–Crippen LogP) is 0.497. The molecule has 2 rings (SSSR count). The second-order valence-corrected chi connectivity index (χ2v) is 2.97. The number of carbonyl (C=O) groups excluding carboxylic acids is 2. The first-order valence-electron chi connectivity index (χ1n) is 3.99. The molecule has 4 nitrogen and oxygen atoms in total. The summed E-state index contributed by atoms with van der Waals surface area (Å²) in [6.07, 6.45) is -1.54. The summed E-state index contributed by atoms with van der Waals surface area (Å²) in [5.41, 5.74) is 5.33. The van der Waals surface area contributed by atoms with Crippen LogP contribution in [0.2, 0.25) is 0 Å². The fraction of sp³-hybridized carbons (Fsp3) is 0.111. The van der Waals surface area contributed by atoms with Gasteiger partial charge >= 0.3 is 0 Å². The lowest BCUT2D eigenvalue weighted by atomic mass is 10.0. The zero-order valence-corrected chi connectivity index (χ0v) is 7.08. The van der Waals surface area contributed by atoms with E-state index < -0.39 is 18.1 Å². The number of amides is 2. The summed E-state index contributed by atoms with van der Waals surface area (Å²) < 4.78 is 13.1. The van der Waals surface area contributed by atoms with Gasteiger partial charge in [-0.15, -0.1) is 0 Å². The topological polar surface area (TPSA) is 72.2 Å². The van der Waals surface area contributed by atoms with Crippen LogP contribution in [0.15, 0.2) is 18.2 Å². The van der Waals surface area contributed by atoms with Crippen LogP contribution in [0, 0.1) is 0 Å². The summed E-state index contributed by atoms with van der Waals surface area (Å²) in [5.74, 6) is -1.33. The van der Waals surface area contributed by atoms with Gasteiger partial charge in [-0.2, -0.15) is 0 Å². The molecule has 0 radical (unpaired) electrons. The van der Waals surface area contributed by atoms with Gasteiger partial charge in [0.05, 0.1) is 11.1 Å². The Hall–Kier alpha value is -1.91. The highest BCUT2D eigenvalue weighted by Gasteiger charge is 2.31. The van der Waals surface area contributed by atoms with E-state index in [4.69, 9.17) is 5.73 Å². The van der Waals surface area contributed by atoms with Gasteiger partial charge < -0.3 is 11.1 Å². The molecule has 3 N–H and O–H groups in total. The van der Waals surface area contributed by atoms with Gasteiger partial charge in [-0.3, -0.25) is 9.59 Å². The SMILES string of the molecule is NC(=O)c1cccc2c1C(=O)NC2F. The number of halogens is 1. The Kier molecular flexibility index (Phi) is 1.73. The molecule has 1 aliphatic rings. The Labute approximate surface area is 78.9 Å². The molecule has 0 saturated carbocycles. The number of alkyl halides is 1. The van der Waals surface area contributed by atoms with Crippen molar-refractivity contribution in [1.82, 2.24) is 5.32 Å². The Balaban J connectivity index is 2.68. The molecule has 1 aromatic rings. The molecule has 1 aliphatic heterocycles. The fourth-order valence-corrected chi connectivity index (χ4v) is 1.51. The molecule has 1 aromatic carbocycles. The number of nitrogens with two attached hydrogens (primary N) is 1. The smallest absolute Gasteiger partial charge is 0.255 e. The molecule has 5 heteroatoms. The number of fused-ring (bicyclic) bond motifs is 1. The number of nitrogens with one attached hydrogen (secondary N) is 1. The maximum atomic E-state index is 13.1. The van der Waals surface area contributed by atoms with E-state index in [1.165, 1.54) is 18.2 Å². The molecule has 0 aliphatic carbocycles. The van der Waals surface area contributed by atoms with Crippen molar-refractivity contribution >= 4 is 11.8 Å². The minimum Gasteiger partial charge on any atom is -0.366 e. The standard InChI is InChI=1S/C9H7FN2O2/c10-7-4-2-1-3-5(8(11)13)6(4)9(14)12-7/h1-3,7H,(H2,11,13)(H,12,14). The Bertz CT molecular complexity index is 431. The highest BCUT2D eigenvalue weighted by molar-refractivity contribution is 6.09. The minimum absolute atomic E-state index is 0.0486. The zero-order valence-electron chi connectivity index (χ0n) is 7.08. The second kappa shape index (κ2) is 2.80. The monoisotopic (exact) mass is 194 g/mol. The van der Waals surface area contributed by atoms with E-state index in [9.17, 15) is 14.0 Å². The molecule has 0 fully saturated rings. The van der Waals surface area contributed by atoms with Crippen molar-refractivity contribution in [2.45, 2.75) is 6.30 Å². The second-order valence-electron chi connectivity index (χ2n) is 2.97. The number of rotatable bonds is 1. The van der Waals surface area contributed by atoms with Crippen LogP contribution in [-0.4, -0.2) is 11.8 Å². The Morgan fingerprint density at radius 1 is 1.50 bits per heavy atom. The maximum absolute atomic E-state index is 13.1. The molecule has 0 saturated heterocycles. The van der Waals surface area contributed by atoms with E-state index in [0.29, 0.717) is 0 Å². The van der Waals surface area contributed by atoms with E-state index >= 15 is 0 Å². The number of hydrogen-bond acceptors (Lipinski definition) is 2. The summed E-state index contributed by atoms with van der Waals surface area (Å²) in [4.78, 5) is 22.2. The van der Waals surface area contributed by atoms with Crippen LogP contribution in [0.25, 0.3) is 0 Å². The van der Waals surface area contributed by atoms with Gasteiger partial charge in [0.25, 0.3) is 5.91 Å². The number of primary amides is 1. The predicted molar refractivity (Wildman–Crippen MR) is 46.3 cm³/mol. The molecule has 1 heterocycles. The molecular formula is C9H7FN2O2. The number of carbonyl (C=O) groups is 2. The molecular weight excluding hydrogens is 187 g/mol. The Morgan fingerprint density at radius 2 is 2.21 bits per heavy atom. The van der Waals surface area contributed by atoms with Gasteiger partial charge in [-0.05, 0) is 6.07 Å². The first kappa shape index (κ1) is 8.68. The van der Waals surface area contributed by atoms with Crippen LogP contribution >= 0.6 is 0 Å². The van der Waals surface area contributed by atoms with Gasteiger partial charge in [0.1, 0.15) is 0 Å². The van der Waals surface area contributed by atoms with Crippen molar-refractivity contribution < 1.29 is 14.0 Å². The first-order valence-corrected chi connectivity index (χ1v) is 3.99. The van der Waals surface area contributed by atoms with Crippen molar-refractivity contribution in [3.8, 4) is 0 Å². The molecule has 14 heavy (non-hydrogen) atoms. The van der Waals surface area contributed by atoms with Crippen molar-refractivity contribution in [1.29, 1.82) is 0 Å². The van der Waals surface area contributed by atoms with Gasteiger partial charge in [0.2, 0.25) is 5.91 Å². The van der Waals surface area contributed by atoms with E-state index in [0.717, 1.165) is 0 Å². The Morgan fingerprint density at radius 3 is 2.86 bits per heavy atom. The summed E-state index contributed by atoms with van der Waals surface area (Å²) in [6.45, 7) is 0. The van der Waals surface area contributed by atoms with E-state index in [1.807, 2.05) is 0 Å². The third kappa shape index (κ3) is 1.06. The van der Waals surface area contributed by atoms with E-state index in [-0.39, 0.29) is 16.7 Å². The van der Waals surface area contributed by atoms with Crippen molar-refractivity contribution in [2.24, 2.45) is 5.73 Å². The zero-order chi connectivity index (χ0) is 10.3. The van der Waals surface area contributed by atoms with Gasteiger partial charge in [0.15, 0.2) is 6.30 Å². The van der Waals surface area contributed by atoms with Crippen molar-refractivity contribution in [3.05, 3.63) is 34.9 Å². The molecule has 0 aromatic heterocycles. The van der Waals surface area contributed by atoms with Crippen LogP contribution < -0.4 is 11.1 Å². The average molecular weight is 194 g/mol. The lowest BCUT2D eigenvalue weighted by Gasteiger charge is -2.01. The lowest BCUT2D eigenvalue weighted by Crippen LogP contribution is -2.19. The summed E-state index contributed by atoms with van der Waals surface area (Å²) in [6, 6.07) is 4.34. The highest BCUT2D eigenvalue weighted by Crippen LogP contribution is 2.28. The molecule has 72 valence electrons. The van der Waals surface area contributed by atoms with Crippen LogP contribution in [0.1, 0.15) is 32.6 Å².